The van der Waals surface area contributed by atoms with Gasteiger partial charge in [0.2, 0.25) is 0 Å². The van der Waals surface area contributed by atoms with Crippen molar-refractivity contribution in [2.24, 2.45) is 0 Å². The van der Waals surface area contributed by atoms with Crippen LogP contribution in [0.5, 0.6) is 0 Å². The van der Waals surface area contributed by atoms with E-state index in [0.717, 1.165) is 38.9 Å². The van der Waals surface area contributed by atoms with Gasteiger partial charge in [0.25, 0.3) is 0 Å². The van der Waals surface area contributed by atoms with Crippen molar-refractivity contribution in [1.29, 1.82) is 0 Å². The molecule has 0 saturated carbocycles. The third-order valence-electron chi connectivity index (χ3n) is 10.5. The maximum atomic E-state index is 6.14. The summed E-state index contributed by atoms with van der Waals surface area (Å²) in [6, 6.07) is 65.6. The maximum absolute atomic E-state index is 6.14. The number of para-hydroxylation sites is 3. The summed E-state index contributed by atoms with van der Waals surface area (Å²) >= 11 is 0. The molecule has 51 heavy (non-hydrogen) atoms. The quantitative estimate of drug-likeness (QED) is 0.186. The van der Waals surface area contributed by atoms with Gasteiger partial charge in [-0.05, 0) is 89.0 Å². The number of hydrogen-bond acceptors (Lipinski definition) is 1. The maximum Gasteiger partial charge on any atom is 0.135 e. The van der Waals surface area contributed by atoms with Gasteiger partial charge in [0.1, 0.15) is 11.2 Å². The molecule has 0 amide bonds. The lowest BCUT2D eigenvalue weighted by molar-refractivity contribution is 0.669. The molecule has 0 radical (unpaired) electrons. The molecule has 0 unspecified atom stereocenters. The highest BCUT2D eigenvalue weighted by molar-refractivity contribution is 6.19. The van der Waals surface area contributed by atoms with Crippen molar-refractivity contribution in [2.45, 2.75) is 0 Å². The SMILES string of the molecule is c1ccc(-c2ccc(-n3c4ccccc4c4cc5c6ccccc6n(-c6cccc(-c7ccc8oc9ccccc9c8c7)c6)c5cc43)cc2)cc1. The van der Waals surface area contributed by atoms with Crippen LogP contribution in [0.4, 0.5) is 0 Å². The van der Waals surface area contributed by atoms with Crippen molar-refractivity contribution in [3.63, 3.8) is 0 Å². The molecule has 0 bridgehead atoms. The summed E-state index contributed by atoms with van der Waals surface area (Å²) in [7, 11) is 0. The smallest absolute Gasteiger partial charge is 0.135 e. The van der Waals surface area contributed by atoms with Gasteiger partial charge >= 0.3 is 0 Å². The molecule has 238 valence electrons. The first-order valence-corrected chi connectivity index (χ1v) is 17.4. The molecule has 0 aliphatic rings. The molecular weight excluding hydrogens is 621 g/mol. The van der Waals surface area contributed by atoms with Crippen LogP contribution in [0.2, 0.25) is 0 Å². The van der Waals surface area contributed by atoms with E-state index in [-0.39, 0.29) is 0 Å². The van der Waals surface area contributed by atoms with Crippen LogP contribution in [0.15, 0.2) is 186 Å². The highest BCUT2D eigenvalue weighted by Gasteiger charge is 2.19. The number of rotatable bonds is 4. The molecular formula is C48H30N2O. The molecule has 0 spiro atoms. The lowest BCUT2D eigenvalue weighted by atomic mass is 10.0. The molecule has 0 N–H and O–H groups in total. The second-order valence-electron chi connectivity index (χ2n) is 13.4. The van der Waals surface area contributed by atoms with Crippen LogP contribution in [0.3, 0.4) is 0 Å². The first-order valence-electron chi connectivity index (χ1n) is 17.4. The number of furan rings is 1. The van der Waals surface area contributed by atoms with E-state index >= 15 is 0 Å². The van der Waals surface area contributed by atoms with Gasteiger partial charge in [0.15, 0.2) is 0 Å². The minimum Gasteiger partial charge on any atom is -0.456 e. The van der Waals surface area contributed by atoms with Crippen molar-refractivity contribution >= 4 is 65.6 Å². The Morgan fingerprint density at radius 1 is 0.275 bits per heavy atom. The largest absolute Gasteiger partial charge is 0.456 e. The topological polar surface area (TPSA) is 23.0 Å². The van der Waals surface area contributed by atoms with Crippen molar-refractivity contribution in [2.75, 3.05) is 0 Å². The van der Waals surface area contributed by atoms with Gasteiger partial charge in [-0.1, -0.05) is 115 Å². The van der Waals surface area contributed by atoms with Gasteiger partial charge in [-0.3, -0.25) is 0 Å². The number of benzene rings is 8. The molecule has 8 aromatic carbocycles. The van der Waals surface area contributed by atoms with Gasteiger partial charge < -0.3 is 13.6 Å². The van der Waals surface area contributed by atoms with E-state index in [4.69, 9.17) is 4.42 Å². The Bertz CT molecular complexity index is 3120. The average Bonchev–Trinajstić information content (AvgIpc) is 3.84. The van der Waals surface area contributed by atoms with Crippen molar-refractivity contribution in [3.8, 4) is 33.6 Å². The van der Waals surface area contributed by atoms with E-state index in [9.17, 15) is 0 Å². The summed E-state index contributed by atoms with van der Waals surface area (Å²) in [5.41, 5.74) is 13.6. The molecule has 11 rings (SSSR count). The molecule has 0 fully saturated rings. The highest BCUT2D eigenvalue weighted by atomic mass is 16.3. The third kappa shape index (κ3) is 4.25. The number of fused-ring (bicyclic) bond motifs is 9. The summed E-state index contributed by atoms with van der Waals surface area (Å²) in [6.45, 7) is 0. The van der Waals surface area contributed by atoms with Crippen molar-refractivity contribution < 1.29 is 4.42 Å². The minimum absolute atomic E-state index is 0.910. The monoisotopic (exact) mass is 650 g/mol. The Balaban J connectivity index is 1.13. The van der Waals surface area contributed by atoms with Gasteiger partial charge in [-0.25, -0.2) is 0 Å². The fourth-order valence-corrected chi connectivity index (χ4v) is 8.15. The molecule has 0 aliphatic carbocycles. The Hall–Kier alpha value is -6.84. The first-order chi connectivity index (χ1) is 25.3. The van der Waals surface area contributed by atoms with Gasteiger partial charge in [-0.2, -0.15) is 0 Å². The van der Waals surface area contributed by atoms with Gasteiger partial charge in [0.05, 0.1) is 22.1 Å². The second-order valence-corrected chi connectivity index (χ2v) is 13.4. The Morgan fingerprint density at radius 3 is 1.57 bits per heavy atom. The van der Waals surface area contributed by atoms with E-state index in [1.807, 2.05) is 12.1 Å². The first kappa shape index (κ1) is 28.0. The van der Waals surface area contributed by atoms with E-state index < -0.39 is 0 Å². The third-order valence-corrected chi connectivity index (χ3v) is 10.5. The zero-order valence-corrected chi connectivity index (χ0v) is 27.6. The lowest BCUT2D eigenvalue weighted by Gasteiger charge is -2.12. The molecule has 3 heteroatoms. The second kappa shape index (κ2) is 10.8. The van der Waals surface area contributed by atoms with Crippen LogP contribution in [0.1, 0.15) is 0 Å². The summed E-state index contributed by atoms with van der Waals surface area (Å²) < 4.78 is 11.0. The minimum atomic E-state index is 0.910. The van der Waals surface area contributed by atoms with Crippen LogP contribution in [-0.2, 0) is 0 Å². The zero-order chi connectivity index (χ0) is 33.5. The van der Waals surface area contributed by atoms with Crippen molar-refractivity contribution in [3.05, 3.63) is 182 Å². The zero-order valence-electron chi connectivity index (χ0n) is 27.6. The van der Waals surface area contributed by atoms with Crippen LogP contribution >= 0.6 is 0 Å². The molecule has 11 aromatic rings. The summed E-state index contributed by atoms with van der Waals surface area (Å²) in [6.07, 6.45) is 0. The normalized spacial score (nSPS) is 11.9. The van der Waals surface area contributed by atoms with E-state index in [1.54, 1.807) is 0 Å². The molecule has 0 aliphatic heterocycles. The lowest BCUT2D eigenvalue weighted by Crippen LogP contribution is -1.96. The van der Waals surface area contributed by atoms with E-state index in [0.29, 0.717) is 0 Å². The predicted octanol–water partition coefficient (Wildman–Crippen LogP) is 13.1. The molecule has 3 aromatic heterocycles. The number of nitrogens with zero attached hydrogens (tertiary/aromatic N) is 2. The van der Waals surface area contributed by atoms with E-state index in [1.165, 1.54) is 60.3 Å². The fraction of sp³-hybridized carbons (Fsp3) is 0. The van der Waals surface area contributed by atoms with E-state index in [2.05, 4.69) is 179 Å². The average molecular weight is 651 g/mol. The van der Waals surface area contributed by atoms with Crippen LogP contribution in [0.25, 0.3) is 99.2 Å². The standard InChI is InChI=1S/C48H30N2O/c1-2-11-31(12-3-1)32-21-24-35(25-22-32)49-43-18-7-4-15-37(43)40-29-41-38-16-5-8-19-44(38)50(46(41)30-45(40)49)36-14-10-13-33(27-36)34-23-26-48-42(28-34)39-17-6-9-20-47(39)51-48/h1-30H. The van der Waals surface area contributed by atoms with Crippen LogP contribution < -0.4 is 0 Å². The fourth-order valence-electron chi connectivity index (χ4n) is 8.15. The number of aromatic nitrogens is 2. The van der Waals surface area contributed by atoms with Gasteiger partial charge in [-0.15, -0.1) is 0 Å². The Morgan fingerprint density at radius 2 is 0.824 bits per heavy atom. The van der Waals surface area contributed by atoms with Crippen LogP contribution in [0, 0.1) is 0 Å². The Kier molecular flexibility index (Phi) is 5.96. The highest BCUT2D eigenvalue weighted by Crippen LogP contribution is 2.40. The molecule has 0 saturated heterocycles. The summed E-state index contributed by atoms with van der Waals surface area (Å²) in [5, 5.41) is 7.27. The summed E-state index contributed by atoms with van der Waals surface area (Å²) in [4.78, 5) is 0. The predicted molar refractivity (Wildman–Crippen MR) is 213 cm³/mol. The molecule has 0 atom stereocenters. The van der Waals surface area contributed by atoms with Crippen molar-refractivity contribution in [1.82, 2.24) is 9.13 Å². The van der Waals surface area contributed by atoms with Gasteiger partial charge in [0, 0.05) is 43.7 Å². The number of hydrogen-bond donors (Lipinski definition) is 0. The molecule has 3 nitrogen and oxygen atoms in total. The summed E-state index contributed by atoms with van der Waals surface area (Å²) in [5.74, 6) is 0. The Labute approximate surface area is 293 Å². The van der Waals surface area contributed by atoms with Crippen LogP contribution in [-0.4, -0.2) is 9.13 Å². The molecule has 3 heterocycles.